The number of benzene rings is 1. The van der Waals surface area contributed by atoms with Crippen LogP contribution >= 0.6 is 11.6 Å². The molecular weight excluding hydrogens is 712 g/mol. The van der Waals surface area contributed by atoms with Crippen molar-refractivity contribution in [1.29, 1.82) is 0 Å². The Labute approximate surface area is 311 Å². The van der Waals surface area contributed by atoms with Gasteiger partial charge in [0.05, 0.1) is 23.4 Å². The summed E-state index contributed by atoms with van der Waals surface area (Å²) in [5, 5.41) is 6.07. The molecule has 3 amide bonds. The fraction of sp³-hybridized carbons (Fsp3) is 0.632. The quantitative estimate of drug-likeness (QED) is 0.419. The van der Waals surface area contributed by atoms with Crippen LogP contribution in [0.5, 0.6) is 6.01 Å². The summed E-state index contributed by atoms with van der Waals surface area (Å²) < 4.78 is 41.6. The molecule has 1 saturated heterocycles. The highest BCUT2D eigenvalue weighted by molar-refractivity contribution is 6.31. The minimum absolute atomic E-state index is 0.0493. The predicted molar refractivity (Wildman–Crippen MR) is 190 cm³/mol. The average molecular weight is 758 g/mol. The monoisotopic (exact) mass is 757 g/mol. The van der Waals surface area contributed by atoms with E-state index in [1.807, 2.05) is 12.2 Å². The predicted octanol–water partition coefficient (Wildman–Crippen LogP) is 4.89. The molecule has 1 aromatic heterocycles. The number of halogens is 3. The first-order chi connectivity index (χ1) is 25.0. The summed E-state index contributed by atoms with van der Waals surface area (Å²) >= 11 is 6.27. The first-order valence-corrected chi connectivity index (χ1v) is 18.8. The Morgan fingerprint density at radius 1 is 1.09 bits per heavy atom. The number of fused-ring (bicyclic) bond motifs is 7. The molecule has 10 atom stereocenters. The maximum absolute atomic E-state index is 14.7. The van der Waals surface area contributed by atoms with Crippen molar-refractivity contribution in [1.82, 2.24) is 25.1 Å². The van der Waals surface area contributed by atoms with Crippen LogP contribution in [0.3, 0.4) is 0 Å². The van der Waals surface area contributed by atoms with Crippen LogP contribution in [0.2, 0.25) is 5.02 Å². The van der Waals surface area contributed by atoms with Crippen molar-refractivity contribution in [2.24, 2.45) is 35.0 Å². The van der Waals surface area contributed by atoms with Gasteiger partial charge in [0, 0.05) is 17.5 Å². The van der Waals surface area contributed by atoms with Crippen LogP contribution in [0, 0.1) is 35.0 Å². The van der Waals surface area contributed by atoms with E-state index in [0.29, 0.717) is 34.2 Å². The smallest absolute Gasteiger partial charge is 0.408 e. The summed E-state index contributed by atoms with van der Waals surface area (Å²) in [6.07, 6.45) is 2.10. The third-order valence-electron chi connectivity index (χ3n) is 12.1. The van der Waals surface area contributed by atoms with Gasteiger partial charge in [0.1, 0.15) is 29.8 Å². The molecule has 3 saturated carbocycles. The zero-order chi connectivity index (χ0) is 38.1. The van der Waals surface area contributed by atoms with Crippen LogP contribution in [0.15, 0.2) is 35.1 Å². The van der Waals surface area contributed by atoms with Gasteiger partial charge in [-0.1, -0.05) is 51.4 Å². The molecule has 15 heteroatoms. The number of nitrogens with one attached hydrogen (secondary N) is 2. The summed E-state index contributed by atoms with van der Waals surface area (Å²) in [5.41, 5.74) is -2.70. The van der Waals surface area contributed by atoms with E-state index >= 15 is 0 Å². The molecule has 2 N–H and O–H groups in total. The van der Waals surface area contributed by atoms with Crippen LogP contribution in [0.4, 0.5) is 13.6 Å². The summed E-state index contributed by atoms with van der Waals surface area (Å²) in [7, 11) is 0. The van der Waals surface area contributed by atoms with Crippen LogP contribution in [-0.2, 0) is 25.7 Å². The Bertz CT molecular complexity index is 1930. The van der Waals surface area contributed by atoms with Gasteiger partial charge in [-0.05, 0) is 80.4 Å². The molecule has 286 valence electrons. The number of carbonyl (C=O) groups is 4. The molecule has 0 radical (unpaired) electrons. The molecule has 4 fully saturated rings. The fourth-order valence-corrected chi connectivity index (χ4v) is 9.00. The van der Waals surface area contributed by atoms with E-state index in [9.17, 15) is 32.8 Å². The molecule has 53 heavy (non-hydrogen) atoms. The number of ether oxygens (including phenoxy) is 2. The van der Waals surface area contributed by atoms with Gasteiger partial charge in [-0.15, -0.1) is 0 Å². The van der Waals surface area contributed by atoms with Crippen molar-refractivity contribution in [3.8, 4) is 6.01 Å². The summed E-state index contributed by atoms with van der Waals surface area (Å²) in [5.74, 6) is -3.08. The molecule has 7 rings (SSSR count). The second-order valence-corrected chi connectivity index (χ2v) is 17.0. The first-order valence-electron chi connectivity index (χ1n) is 18.4. The lowest BCUT2D eigenvalue weighted by molar-refractivity contribution is -0.143. The molecule has 1 aromatic carbocycles. The molecular formula is C38H46ClF2N5O7. The molecule has 2 aromatic rings. The number of hydrogen-bond donors (Lipinski definition) is 2. The van der Waals surface area contributed by atoms with Gasteiger partial charge >= 0.3 is 6.09 Å². The standard InChI is InChI=1S/C38H46ClF2N5O7/c1-18-28-17-46(29(18)32(48)44-38(19(2)47)16-25(38)31(40)41)34(50)30(37(3,4)5)43-36(51)53-27-14-20-13-24(20)22(27)9-7-6-8-12-45-33(49)23-11-10-21(39)15-26(23)42-35(45)52-28/h6,8,10-11,15,18,20,22,24-25,27-31H,7,9,12-14,16-17H2,1-5H3,(H,43,51)(H,44,48)/b8-6+/t18-,20+,22-,24?,25+,27-,28+,29+,30-,38+/m1/s1. The molecule has 3 aliphatic carbocycles. The van der Waals surface area contributed by atoms with E-state index in [1.165, 1.54) is 9.47 Å². The van der Waals surface area contributed by atoms with Crippen molar-refractivity contribution in [2.75, 3.05) is 6.54 Å². The Morgan fingerprint density at radius 2 is 1.85 bits per heavy atom. The SMILES string of the molecule is CC(=O)[C@@]1(NC(=O)[C@@H]2[C@H](C)[C@@H]3CN2C(=O)[C@H](C(C)(C)C)NC(=O)O[C@@H]2C[C@@H]4CC4[C@H]2CC/C=C/Cn2c(nc4cc(Cl)ccc4c2=O)O3)C[C@H]1C(F)F. The highest BCUT2D eigenvalue weighted by Crippen LogP contribution is 2.57. The van der Waals surface area contributed by atoms with Crippen molar-refractivity contribution in [3.05, 3.63) is 45.7 Å². The molecule has 3 heterocycles. The van der Waals surface area contributed by atoms with Gasteiger partial charge in [-0.25, -0.2) is 13.6 Å². The summed E-state index contributed by atoms with van der Waals surface area (Å²) in [6, 6.07) is 2.23. The highest BCUT2D eigenvalue weighted by Gasteiger charge is 2.64. The van der Waals surface area contributed by atoms with E-state index < -0.39 is 71.1 Å². The average Bonchev–Trinajstić information content (AvgIpc) is 3.95. The normalized spacial score (nSPS) is 34.8. The first kappa shape index (κ1) is 37.3. The number of amides is 3. The lowest BCUT2D eigenvalue weighted by Gasteiger charge is -2.36. The van der Waals surface area contributed by atoms with E-state index in [4.69, 9.17) is 21.1 Å². The Hall–Kier alpha value is -4.07. The largest absolute Gasteiger partial charge is 0.459 e. The third kappa shape index (κ3) is 6.91. The number of rotatable bonds is 4. The number of alkyl halides is 2. The Balaban J connectivity index is 1.29. The topological polar surface area (TPSA) is 149 Å². The van der Waals surface area contributed by atoms with Crippen molar-refractivity contribution in [3.63, 3.8) is 0 Å². The second kappa shape index (κ2) is 13.7. The maximum Gasteiger partial charge on any atom is 0.408 e. The zero-order valence-corrected chi connectivity index (χ0v) is 31.2. The van der Waals surface area contributed by atoms with Gasteiger partial charge in [0.25, 0.3) is 11.6 Å². The number of alkyl carbamates (subject to hydrolysis) is 1. The van der Waals surface area contributed by atoms with Crippen LogP contribution < -0.4 is 20.9 Å². The van der Waals surface area contributed by atoms with Crippen molar-refractivity contribution >= 4 is 46.2 Å². The van der Waals surface area contributed by atoms with Gasteiger partial charge in [-0.2, -0.15) is 4.98 Å². The Morgan fingerprint density at radius 3 is 2.53 bits per heavy atom. The molecule has 2 bridgehead atoms. The maximum atomic E-state index is 14.7. The Kier molecular flexibility index (Phi) is 9.60. The fourth-order valence-electron chi connectivity index (χ4n) is 8.84. The van der Waals surface area contributed by atoms with Gasteiger partial charge in [0.2, 0.25) is 18.2 Å². The van der Waals surface area contributed by atoms with Crippen LogP contribution in [0.1, 0.15) is 66.7 Å². The van der Waals surface area contributed by atoms with Gasteiger partial charge in [0.15, 0.2) is 5.78 Å². The van der Waals surface area contributed by atoms with Crippen molar-refractivity contribution in [2.45, 2.75) is 110 Å². The number of hydrogen-bond acceptors (Lipinski definition) is 8. The van der Waals surface area contributed by atoms with Gasteiger partial charge in [-0.3, -0.25) is 23.7 Å². The van der Waals surface area contributed by atoms with E-state index in [2.05, 4.69) is 15.6 Å². The highest BCUT2D eigenvalue weighted by atomic mass is 35.5. The number of aromatic nitrogens is 2. The van der Waals surface area contributed by atoms with E-state index in [0.717, 1.165) is 26.2 Å². The van der Waals surface area contributed by atoms with E-state index in [-0.39, 0.29) is 43.1 Å². The third-order valence-corrected chi connectivity index (χ3v) is 12.3. The number of carbonyl (C=O) groups excluding carboxylic acids is 4. The molecule has 2 aliphatic heterocycles. The van der Waals surface area contributed by atoms with Gasteiger partial charge < -0.3 is 25.0 Å². The summed E-state index contributed by atoms with van der Waals surface area (Å²) in [4.78, 5) is 74.9. The summed E-state index contributed by atoms with van der Waals surface area (Å²) in [6.45, 7) is 8.08. The second-order valence-electron chi connectivity index (χ2n) is 16.6. The lowest BCUT2D eigenvalue weighted by Crippen LogP contribution is -2.60. The zero-order valence-electron chi connectivity index (χ0n) is 30.4. The molecule has 1 unspecified atom stereocenters. The number of allylic oxidation sites excluding steroid dienone is 2. The minimum atomic E-state index is -2.84. The number of ketones is 1. The van der Waals surface area contributed by atoms with Crippen molar-refractivity contribution < 1.29 is 37.4 Å². The minimum Gasteiger partial charge on any atom is -0.459 e. The molecule has 12 nitrogen and oxygen atoms in total. The lowest BCUT2D eigenvalue weighted by atomic mass is 9.85. The molecule has 5 aliphatic rings. The van der Waals surface area contributed by atoms with Crippen LogP contribution in [-0.4, -0.2) is 80.9 Å². The molecule has 0 spiro atoms. The van der Waals surface area contributed by atoms with E-state index in [1.54, 1.807) is 45.9 Å². The number of nitrogens with zero attached hydrogens (tertiary/aromatic N) is 3. The van der Waals surface area contributed by atoms with Crippen LogP contribution in [0.25, 0.3) is 10.9 Å². The number of Topliss-reactive ketones (excluding diaryl/α,β-unsaturated/α-hetero) is 1.